The molecule has 2 aliphatic rings. The highest BCUT2D eigenvalue weighted by Crippen LogP contribution is 2.47. The Bertz CT molecular complexity index is 1120. The van der Waals surface area contributed by atoms with Crippen molar-refractivity contribution in [3.05, 3.63) is 81.1 Å². The highest BCUT2D eigenvalue weighted by molar-refractivity contribution is 9.10. The van der Waals surface area contributed by atoms with Gasteiger partial charge < -0.3 is 5.32 Å². The van der Waals surface area contributed by atoms with E-state index >= 15 is 0 Å². The van der Waals surface area contributed by atoms with Crippen molar-refractivity contribution in [3.63, 3.8) is 0 Å². The molecule has 1 atom stereocenters. The Hall–Kier alpha value is -2.46. The van der Waals surface area contributed by atoms with E-state index < -0.39 is 0 Å². The van der Waals surface area contributed by atoms with E-state index in [4.69, 9.17) is 0 Å². The minimum atomic E-state index is -0.0251. The van der Waals surface area contributed by atoms with Crippen LogP contribution in [-0.4, -0.2) is 10.8 Å². The van der Waals surface area contributed by atoms with Gasteiger partial charge in [0.1, 0.15) is 0 Å². The van der Waals surface area contributed by atoms with Gasteiger partial charge in [0.05, 0.1) is 11.2 Å². The van der Waals surface area contributed by atoms with Crippen LogP contribution < -0.4 is 5.32 Å². The highest BCUT2D eigenvalue weighted by atomic mass is 79.9. The Balaban J connectivity index is 1.79. The van der Waals surface area contributed by atoms with Gasteiger partial charge in [0.15, 0.2) is 5.78 Å². The van der Waals surface area contributed by atoms with E-state index in [-0.39, 0.29) is 11.7 Å². The number of ketones is 1. The Kier molecular flexibility index (Phi) is 3.90. The number of aromatic nitrogens is 1. The molecular weight excluding hydrogens is 400 g/mol. The lowest BCUT2D eigenvalue weighted by Gasteiger charge is -2.34. The highest BCUT2D eigenvalue weighted by Gasteiger charge is 2.35. The predicted molar refractivity (Wildman–Crippen MR) is 112 cm³/mol. The molecule has 1 unspecified atom stereocenters. The first-order chi connectivity index (χ1) is 13.1. The molecule has 134 valence electrons. The molecule has 0 saturated heterocycles. The molecule has 0 fully saturated rings. The summed E-state index contributed by atoms with van der Waals surface area (Å²) in [7, 11) is 0. The minimum Gasteiger partial charge on any atom is -0.358 e. The van der Waals surface area contributed by atoms with Crippen molar-refractivity contribution in [1.82, 2.24) is 4.98 Å². The van der Waals surface area contributed by atoms with Gasteiger partial charge in [-0.1, -0.05) is 34.1 Å². The summed E-state index contributed by atoms with van der Waals surface area (Å²) in [5.74, 6) is 0.243. The number of anilines is 1. The number of rotatable bonds is 1. The number of pyridine rings is 1. The lowest BCUT2D eigenvalue weighted by Crippen LogP contribution is -2.27. The summed E-state index contributed by atoms with van der Waals surface area (Å²) in [5.41, 5.74) is 7.43. The molecule has 27 heavy (non-hydrogen) atoms. The number of aryl methyl sites for hydroxylation is 1. The van der Waals surface area contributed by atoms with Gasteiger partial charge >= 0.3 is 0 Å². The van der Waals surface area contributed by atoms with E-state index in [9.17, 15) is 4.79 Å². The van der Waals surface area contributed by atoms with Crippen LogP contribution in [0.1, 0.15) is 42.0 Å². The number of Topliss-reactive ketones (excluding diaryl/α,β-unsaturated/α-hetero) is 1. The smallest absolute Gasteiger partial charge is 0.161 e. The molecular formula is C23H19BrN2O. The van der Waals surface area contributed by atoms with E-state index in [1.54, 1.807) is 0 Å². The summed E-state index contributed by atoms with van der Waals surface area (Å²) in [4.78, 5) is 17.6. The van der Waals surface area contributed by atoms with E-state index in [1.165, 1.54) is 0 Å². The molecule has 0 saturated carbocycles. The second-order valence-corrected chi connectivity index (χ2v) is 8.24. The second-order valence-electron chi connectivity index (χ2n) is 7.33. The third-order valence-electron chi connectivity index (χ3n) is 5.58. The summed E-state index contributed by atoms with van der Waals surface area (Å²) >= 11 is 3.52. The lowest BCUT2D eigenvalue weighted by atomic mass is 9.75. The maximum absolute atomic E-state index is 12.9. The average molecular weight is 419 g/mol. The number of carbonyl (C=O) groups excluding carboxylic acids is 1. The fourth-order valence-electron chi connectivity index (χ4n) is 4.34. The van der Waals surface area contributed by atoms with Crippen molar-refractivity contribution in [2.75, 3.05) is 5.32 Å². The molecule has 2 aromatic carbocycles. The van der Waals surface area contributed by atoms with Crippen LogP contribution in [0.25, 0.3) is 10.9 Å². The zero-order valence-electron chi connectivity index (χ0n) is 15.1. The molecule has 0 bridgehead atoms. The van der Waals surface area contributed by atoms with Crippen LogP contribution in [0.2, 0.25) is 0 Å². The maximum atomic E-state index is 12.9. The van der Waals surface area contributed by atoms with Gasteiger partial charge in [-0.25, -0.2) is 0 Å². The van der Waals surface area contributed by atoms with Crippen molar-refractivity contribution in [3.8, 4) is 0 Å². The van der Waals surface area contributed by atoms with Crippen molar-refractivity contribution >= 4 is 38.3 Å². The third-order valence-corrected chi connectivity index (χ3v) is 6.11. The number of nitrogens with one attached hydrogen (secondary N) is 1. The van der Waals surface area contributed by atoms with Crippen LogP contribution >= 0.6 is 15.9 Å². The van der Waals surface area contributed by atoms with E-state index in [0.717, 1.165) is 62.0 Å². The number of hydrogen-bond donors (Lipinski definition) is 1. The van der Waals surface area contributed by atoms with Gasteiger partial charge in [-0.2, -0.15) is 0 Å². The van der Waals surface area contributed by atoms with Crippen LogP contribution in [0.5, 0.6) is 0 Å². The number of carbonyl (C=O) groups is 1. The van der Waals surface area contributed by atoms with Crippen molar-refractivity contribution in [1.29, 1.82) is 0 Å². The number of benzene rings is 2. The predicted octanol–water partition coefficient (Wildman–Crippen LogP) is 5.87. The Labute approximate surface area is 166 Å². The van der Waals surface area contributed by atoms with Gasteiger partial charge in [-0.3, -0.25) is 9.78 Å². The minimum absolute atomic E-state index is 0.0251. The lowest BCUT2D eigenvalue weighted by molar-refractivity contribution is -0.116. The first kappa shape index (κ1) is 16.7. The molecule has 0 amide bonds. The third kappa shape index (κ3) is 2.71. The van der Waals surface area contributed by atoms with Crippen LogP contribution in [0, 0.1) is 6.92 Å². The van der Waals surface area contributed by atoms with Crippen molar-refractivity contribution in [2.24, 2.45) is 0 Å². The fraction of sp³-hybridized carbons (Fsp3) is 0.217. The Morgan fingerprint density at radius 1 is 1.04 bits per heavy atom. The van der Waals surface area contributed by atoms with Gasteiger partial charge in [0.25, 0.3) is 0 Å². The fourth-order valence-corrected chi connectivity index (χ4v) is 4.60. The molecule has 1 N–H and O–H groups in total. The normalized spacial score (nSPS) is 18.9. The summed E-state index contributed by atoms with van der Waals surface area (Å²) in [6.07, 6.45) is 2.47. The van der Waals surface area contributed by atoms with Gasteiger partial charge in [-0.15, -0.1) is 0 Å². The summed E-state index contributed by atoms with van der Waals surface area (Å²) in [6, 6.07) is 16.7. The zero-order chi connectivity index (χ0) is 18.5. The topological polar surface area (TPSA) is 42.0 Å². The number of hydrogen-bond acceptors (Lipinski definition) is 3. The van der Waals surface area contributed by atoms with Crippen LogP contribution in [-0.2, 0) is 4.79 Å². The van der Waals surface area contributed by atoms with E-state index in [0.29, 0.717) is 6.42 Å². The molecule has 2 heterocycles. The molecule has 0 spiro atoms. The SMILES string of the molecule is Cc1ccc2c3c(ccc2n1)C(c1ccc(Br)cc1)C1=C(CCCC1=O)N3. The quantitative estimate of drug-likeness (QED) is 0.537. The molecule has 1 aromatic heterocycles. The first-order valence-corrected chi connectivity index (χ1v) is 10.1. The molecule has 3 nitrogen and oxygen atoms in total. The number of allylic oxidation sites excluding steroid dienone is 2. The second kappa shape index (κ2) is 6.31. The zero-order valence-corrected chi connectivity index (χ0v) is 16.6. The Morgan fingerprint density at radius 3 is 2.67 bits per heavy atom. The van der Waals surface area contributed by atoms with Crippen LogP contribution in [0.3, 0.4) is 0 Å². The standard InChI is InChI=1S/C23H19BrN2O/c1-13-5-10-16-18(25-13)12-11-17-21(14-6-8-15(24)9-7-14)22-19(26-23(16)17)3-2-4-20(22)27/h5-12,21,26H,2-4H2,1H3. The van der Waals surface area contributed by atoms with Crippen molar-refractivity contribution < 1.29 is 4.79 Å². The maximum Gasteiger partial charge on any atom is 0.161 e. The van der Waals surface area contributed by atoms with Gasteiger partial charge in [0.2, 0.25) is 0 Å². The van der Waals surface area contributed by atoms with Crippen LogP contribution in [0.15, 0.2) is 64.3 Å². The molecule has 5 rings (SSSR count). The Morgan fingerprint density at radius 2 is 1.85 bits per heavy atom. The van der Waals surface area contributed by atoms with E-state index in [2.05, 4.69) is 74.8 Å². The first-order valence-electron chi connectivity index (χ1n) is 9.31. The van der Waals surface area contributed by atoms with Gasteiger partial charge in [0, 0.05) is 39.2 Å². The number of halogens is 1. The largest absolute Gasteiger partial charge is 0.358 e. The number of nitrogens with zero attached hydrogens (tertiary/aromatic N) is 1. The number of fused-ring (bicyclic) bond motifs is 3. The molecule has 4 heteroatoms. The summed E-state index contributed by atoms with van der Waals surface area (Å²) < 4.78 is 1.04. The molecule has 1 aliphatic carbocycles. The van der Waals surface area contributed by atoms with E-state index in [1.807, 2.05) is 6.92 Å². The van der Waals surface area contributed by atoms with Crippen LogP contribution in [0.4, 0.5) is 5.69 Å². The van der Waals surface area contributed by atoms with Crippen molar-refractivity contribution in [2.45, 2.75) is 32.1 Å². The average Bonchev–Trinajstić information content (AvgIpc) is 2.67. The summed E-state index contributed by atoms with van der Waals surface area (Å²) in [6.45, 7) is 2.01. The monoisotopic (exact) mass is 418 g/mol. The summed E-state index contributed by atoms with van der Waals surface area (Å²) in [5, 5.41) is 4.73. The molecule has 1 aliphatic heterocycles. The molecule has 3 aromatic rings. The molecule has 0 radical (unpaired) electrons. The van der Waals surface area contributed by atoms with Gasteiger partial charge in [-0.05, 0) is 61.2 Å².